The monoisotopic (exact) mass is 274 g/mol. The Bertz CT molecular complexity index is 259. The van der Waals surface area contributed by atoms with Gasteiger partial charge in [-0.05, 0) is 44.1 Å². The molecule has 2 fully saturated rings. The Balaban J connectivity index is 0.00000162. The van der Waals surface area contributed by atoms with Crippen LogP contribution in [0.3, 0.4) is 0 Å². The molecule has 0 bridgehead atoms. The highest BCUT2D eigenvalue weighted by Crippen LogP contribution is 2.40. The molecule has 2 N–H and O–H groups in total. The predicted octanol–water partition coefficient (Wildman–Crippen LogP) is 2.64. The average molecular weight is 275 g/mol. The Kier molecular flexibility index (Phi) is 6.44. The highest BCUT2D eigenvalue weighted by atomic mass is 35.5. The summed E-state index contributed by atoms with van der Waals surface area (Å²) in [6.07, 6.45) is 9.86. The first-order valence-corrected chi connectivity index (χ1v) is 7.27. The van der Waals surface area contributed by atoms with Gasteiger partial charge in [0.25, 0.3) is 0 Å². The van der Waals surface area contributed by atoms with Crippen molar-refractivity contribution >= 4 is 18.3 Å². The molecule has 0 spiro atoms. The van der Waals surface area contributed by atoms with Crippen LogP contribution in [0.5, 0.6) is 0 Å². The summed E-state index contributed by atoms with van der Waals surface area (Å²) in [6.45, 7) is 4.15. The first-order valence-electron chi connectivity index (χ1n) is 7.27. The molecule has 1 aliphatic heterocycles. The van der Waals surface area contributed by atoms with Crippen molar-refractivity contribution in [3.8, 4) is 0 Å². The summed E-state index contributed by atoms with van der Waals surface area (Å²) in [5.74, 6) is 0.226. The molecule has 4 heteroatoms. The Hall–Kier alpha value is -0.280. The molecule has 0 radical (unpaired) electrons. The standard InChI is InChI=1S/C14H26N2O.ClH/c1-2-14(8-4-5-9-14)11-16-13(17)12-7-3-6-10-15-12;/h12,15H,2-11H2,1H3,(H,16,17);1H. The van der Waals surface area contributed by atoms with Crippen molar-refractivity contribution < 1.29 is 4.79 Å². The van der Waals surface area contributed by atoms with Gasteiger partial charge in [-0.2, -0.15) is 0 Å². The lowest BCUT2D eigenvalue weighted by molar-refractivity contribution is -0.124. The number of carbonyl (C=O) groups is 1. The maximum atomic E-state index is 12.0. The fourth-order valence-corrected chi connectivity index (χ4v) is 3.25. The number of piperidine rings is 1. The minimum absolute atomic E-state index is 0. The topological polar surface area (TPSA) is 41.1 Å². The number of amides is 1. The van der Waals surface area contributed by atoms with Crippen molar-refractivity contribution in [2.75, 3.05) is 13.1 Å². The van der Waals surface area contributed by atoms with Crippen LogP contribution in [0.1, 0.15) is 58.3 Å². The van der Waals surface area contributed by atoms with Crippen LogP contribution in [0.25, 0.3) is 0 Å². The van der Waals surface area contributed by atoms with Crippen molar-refractivity contribution in [1.82, 2.24) is 10.6 Å². The van der Waals surface area contributed by atoms with Gasteiger partial charge in [0.1, 0.15) is 0 Å². The van der Waals surface area contributed by atoms with E-state index in [-0.39, 0.29) is 24.4 Å². The second-order valence-corrected chi connectivity index (χ2v) is 5.78. The third-order valence-electron chi connectivity index (χ3n) is 4.68. The van der Waals surface area contributed by atoms with Gasteiger partial charge in [-0.15, -0.1) is 12.4 Å². The van der Waals surface area contributed by atoms with Crippen molar-refractivity contribution in [2.24, 2.45) is 5.41 Å². The number of hydrogen-bond acceptors (Lipinski definition) is 2. The van der Waals surface area contributed by atoms with Gasteiger partial charge in [0.15, 0.2) is 0 Å². The first-order chi connectivity index (χ1) is 8.26. The molecule has 1 atom stereocenters. The molecular formula is C14H27ClN2O. The van der Waals surface area contributed by atoms with Crippen molar-refractivity contribution in [3.63, 3.8) is 0 Å². The molecule has 18 heavy (non-hydrogen) atoms. The van der Waals surface area contributed by atoms with Crippen LogP contribution in [0.4, 0.5) is 0 Å². The predicted molar refractivity (Wildman–Crippen MR) is 77.1 cm³/mol. The second kappa shape index (κ2) is 7.34. The molecule has 1 unspecified atom stereocenters. The van der Waals surface area contributed by atoms with E-state index in [1.807, 2.05) is 0 Å². The molecule has 106 valence electrons. The van der Waals surface area contributed by atoms with Gasteiger partial charge < -0.3 is 10.6 Å². The quantitative estimate of drug-likeness (QED) is 0.828. The van der Waals surface area contributed by atoms with Crippen LogP contribution in [0, 0.1) is 5.41 Å². The molecule has 2 rings (SSSR count). The number of carbonyl (C=O) groups excluding carboxylic acids is 1. The highest BCUT2D eigenvalue weighted by Gasteiger charge is 2.33. The smallest absolute Gasteiger partial charge is 0.237 e. The van der Waals surface area contributed by atoms with Gasteiger partial charge >= 0.3 is 0 Å². The van der Waals surface area contributed by atoms with Crippen LogP contribution in [0.15, 0.2) is 0 Å². The largest absolute Gasteiger partial charge is 0.354 e. The van der Waals surface area contributed by atoms with Crippen molar-refractivity contribution in [2.45, 2.75) is 64.3 Å². The third kappa shape index (κ3) is 3.86. The lowest BCUT2D eigenvalue weighted by Crippen LogP contribution is -2.48. The van der Waals surface area contributed by atoms with Gasteiger partial charge in [0.05, 0.1) is 6.04 Å². The van der Waals surface area contributed by atoms with Crippen LogP contribution in [-0.2, 0) is 4.79 Å². The summed E-state index contributed by atoms with van der Waals surface area (Å²) < 4.78 is 0. The summed E-state index contributed by atoms with van der Waals surface area (Å²) in [6, 6.07) is 0.0686. The van der Waals surface area contributed by atoms with E-state index in [2.05, 4.69) is 17.6 Å². The zero-order chi connectivity index (χ0) is 12.1. The molecule has 1 saturated heterocycles. The summed E-state index contributed by atoms with van der Waals surface area (Å²) in [5.41, 5.74) is 0.407. The maximum Gasteiger partial charge on any atom is 0.237 e. The molecule has 0 aromatic carbocycles. The van der Waals surface area contributed by atoms with Crippen molar-refractivity contribution in [3.05, 3.63) is 0 Å². The molecule has 1 aliphatic carbocycles. The normalized spacial score (nSPS) is 26.4. The lowest BCUT2D eigenvalue weighted by atomic mass is 9.83. The van der Waals surface area contributed by atoms with Gasteiger partial charge in [0.2, 0.25) is 5.91 Å². The van der Waals surface area contributed by atoms with Crippen molar-refractivity contribution in [1.29, 1.82) is 0 Å². The SMILES string of the molecule is CCC1(CNC(=O)C2CCCCN2)CCCC1.Cl. The average Bonchev–Trinajstić information content (AvgIpc) is 2.86. The van der Waals surface area contributed by atoms with E-state index in [0.29, 0.717) is 5.41 Å². The molecule has 1 saturated carbocycles. The fourth-order valence-electron chi connectivity index (χ4n) is 3.25. The van der Waals surface area contributed by atoms with Gasteiger partial charge in [-0.25, -0.2) is 0 Å². The van der Waals surface area contributed by atoms with Crippen LogP contribution in [-0.4, -0.2) is 25.0 Å². The Labute approximate surface area is 117 Å². The van der Waals surface area contributed by atoms with E-state index < -0.39 is 0 Å². The zero-order valence-corrected chi connectivity index (χ0v) is 12.3. The van der Waals surface area contributed by atoms with Gasteiger partial charge in [-0.3, -0.25) is 4.79 Å². The van der Waals surface area contributed by atoms with E-state index in [4.69, 9.17) is 0 Å². The van der Waals surface area contributed by atoms with Crippen LogP contribution < -0.4 is 10.6 Å². The minimum atomic E-state index is 0. The summed E-state index contributed by atoms with van der Waals surface area (Å²) in [4.78, 5) is 12.0. The number of halogens is 1. The van der Waals surface area contributed by atoms with E-state index in [1.165, 1.54) is 44.9 Å². The molecule has 1 amide bonds. The van der Waals surface area contributed by atoms with Gasteiger partial charge in [0, 0.05) is 6.54 Å². The molecule has 0 aromatic heterocycles. The van der Waals surface area contributed by atoms with E-state index in [1.54, 1.807) is 0 Å². The molecule has 1 heterocycles. The lowest BCUT2D eigenvalue weighted by Gasteiger charge is -2.29. The minimum Gasteiger partial charge on any atom is -0.354 e. The molecule has 2 aliphatic rings. The highest BCUT2D eigenvalue weighted by molar-refractivity contribution is 5.85. The summed E-state index contributed by atoms with van der Waals surface area (Å²) >= 11 is 0. The molecular weight excluding hydrogens is 248 g/mol. The summed E-state index contributed by atoms with van der Waals surface area (Å²) in [7, 11) is 0. The number of hydrogen-bond donors (Lipinski definition) is 2. The maximum absolute atomic E-state index is 12.0. The Morgan fingerprint density at radius 3 is 2.56 bits per heavy atom. The summed E-state index contributed by atoms with van der Waals surface area (Å²) in [5, 5.41) is 6.50. The second-order valence-electron chi connectivity index (χ2n) is 5.78. The van der Waals surface area contributed by atoms with E-state index in [0.717, 1.165) is 19.5 Å². The van der Waals surface area contributed by atoms with E-state index in [9.17, 15) is 4.79 Å². The molecule has 3 nitrogen and oxygen atoms in total. The fraction of sp³-hybridized carbons (Fsp3) is 0.929. The number of rotatable bonds is 4. The van der Waals surface area contributed by atoms with E-state index >= 15 is 0 Å². The number of nitrogens with one attached hydrogen (secondary N) is 2. The third-order valence-corrected chi connectivity index (χ3v) is 4.68. The first kappa shape index (κ1) is 15.8. The Morgan fingerprint density at radius 2 is 2.00 bits per heavy atom. The molecule has 0 aromatic rings. The Morgan fingerprint density at radius 1 is 1.28 bits per heavy atom. The van der Waals surface area contributed by atoms with Crippen LogP contribution >= 0.6 is 12.4 Å². The van der Waals surface area contributed by atoms with Gasteiger partial charge in [-0.1, -0.05) is 26.2 Å². The van der Waals surface area contributed by atoms with Crippen LogP contribution in [0.2, 0.25) is 0 Å². The zero-order valence-electron chi connectivity index (χ0n) is 11.5.